The van der Waals surface area contributed by atoms with Crippen molar-refractivity contribution >= 4 is 29.9 Å². The third-order valence-electron chi connectivity index (χ3n) is 4.72. The molecule has 1 saturated heterocycles. The summed E-state index contributed by atoms with van der Waals surface area (Å²) in [5.74, 6) is 1.01. The smallest absolute Gasteiger partial charge is 0.319 e. The van der Waals surface area contributed by atoms with Crippen molar-refractivity contribution in [2.24, 2.45) is 10.4 Å². The molecule has 1 fully saturated rings. The van der Waals surface area contributed by atoms with Gasteiger partial charge in [-0.05, 0) is 13.8 Å². The lowest BCUT2D eigenvalue weighted by molar-refractivity contribution is -0.0668. The zero-order valence-corrected chi connectivity index (χ0v) is 15.9. The Morgan fingerprint density at radius 1 is 1.41 bits per heavy atom. The van der Waals surface area contributed by atoms with Crippen LogP contribution in [-0.2, 0) is 6.54 Å². The van der Waals surface area contributed by atoms with Gasteiger partial charge in [0.2, 0.25) is 0 Å². The Balaban J connectivity index is 0.00000242. The molecule has 0 unspecified atom stereocenters. The van der Waals surface area contributed by atoms with E-state index in [0.717, 1.165) is 11.1 Å². The Morgan fingerprint density at radius 2 is 2.05 bits per heavy atom. The van der Waals surface area contributed by atoms with Crippen LogP contribution in [0.1, 0.15) is 40.1 Å². The Bertz CT molecular complexity index is 539. The molecule has 2 rings (SSSR count). The minimum atomic E-state index is -2.58. The maximum absolute atomic E-state index is 12.8. The third kappa shape index (κ3) is 3.21. The maximum Gasteiger partial charge on any atom is 0.319 e. The zero-order valence-electron chi connectivity index (χ0n) is 13.6. The molecule has 0 amide bonds. The second kappa shape index (κ2) is 6.67. The maximum atomic E-state index is 12.8. The fourth-order valence-electron chi connectivity index (χ4n) is 2.51. The van der Waals surface area contributed by atoms with Crippen molar-refractivity contribution < 1.29 is 8.78 Å². The molecule has 0 spiro atoms. The van der Waals surface area contributed by atoms with Gasteiger partial charge in [-0.1, -0.05) is 13.8 Å². The van der Waals surface area contributed by atoms with Crippen molar-refractivity contribution in [3.05, 3.63) is 18.2 Å². The molecule has 8 heteroatoms. The fraction of sp³-hybridized carbons (Fsp3) is 0.714. The van der Waals surface area contributed by atoms with E-state index >= 15 is 0 Å². The van der Waals surface area contributed by atoms with Gasteiger partial charge in [0.25, 0.3) is 0 Å². The highest BCUT2D eigenvalue weighted by atomic mass is 127. The van der Waals surface area contributed by atoms with Crippen LogP contribution in [0.15, 0.2) is 17.4 Å². The molecule has 0 saturated carbocycles. The van der Waals surface area contributed by atoms with E-state index in [0.29, 0.717) is 11.8 Å². The fourth-order valence-corrected chi connectivity index (χ4v) is 2.51. The average Bonchev–Trinajstić information content (AvgIpc) is 2.86. The van der Waals surface area contributed by atoms with Crippen LogP contribution in [-0.4, -0.2) is 39.5 Å². The second-order valence-electron chi connectivity index (χ2n) is 6.46. The molecule has 5 nitrogen and oxygen atoms in total. The van der Waals surface area contributed by atoms with E-state index in [-0.39, 0.29) is 41.5 Å². The molecule has 1 aliphatic heterocycles. The van der Waals surface area contributed by atoms with Crippen molar-refractivity contribution in [1.82, 2.24) is 19.8 Å². The number of hydrogen-bond acceptors (Lipinski definition) is 2. The normalized spacial score (nSPS) is 19.6. The Labute approximate surface area is 147 Å². The summed E-state index contributed by atoms with van der Waals surface area (Å²) in [6.07, 6.45) is 2.66. The Hall–Kier alpha value is -0.930. The van der Waals surface area contributed by atoms with Gasteiger partial charge in [-0.3, -0.25) is 9.56 Å². The highest BCUT2D eigenvalue weighted by molar-refractivity contribution is 14.0. The largest absolute Gasteiger partial charge is 0.349 e. The molecule has 1 aromatic rings. The molecule has 0 bridgehead atoms. The second-order valence-corrected chi connectivity index (χ2v) is 6.46. The summed E-state index contributed by atoms with van der Waals surface area (Å²) in [5.41, 5.74) is 0.152. The number of aliphatic imine (C=N–C) groups is 1. The topological polar surface area (TPSA) is 45.5 Å². The van der Waals surface area contributed by atoms with Gasteiger partial charge < -0.3 is 10.2 Å². The first-order valence-corrected chi connectivity index (χ1v) is 6.99. The van der Waals surface area contributed by atoms with Gasteiger partial charge in [-0.15, -0.1) is 24.0 Å². The highest BCUT2D eigenvalue weighted by Gasteiger charge is 2.53. The van der Waals surface area contributed by atoms with Crippen molar-refractivity contribution in [1.29, 1.82) is 0 Å². The van der Waals surface area contributed by atoms with Gasteiger partial charge in [0.15, 0.2) is 5.96 Å². The lowest BCUT2D eigenvalue weighted by atomic mass is 9.65. The number of halogens is 3. The number of likely N-dealkylation sites (tertiary alicyclic amines) is 1. The van der Waals surface area contributed by atoms with Crippen molar-refractivity contribution in [3.8, 4) is 0 Å². The molecule has 1 aromatic heterocycles. The number of nitrogens with zero attached hydrogens (tertiary/aromatic N) is 4. The van der Waals surface area contributed by atoms with Crippen LogP contribution >= 0.6 is 24.0 Å². The molecule has 0 radical (unpaired) electrons. The number of guanidine groups is 1. The van der Waals surface area contributed by atoms with Crippen LogP contribution in [0.25, 0.3) is 0 Å². The number of nitrogens with one attached hydrogen (secondary N) is 1. The molecule has 1 N–H and O–H groups in total. The Morgan fingerprint density at radius 3 is 2.50 bits per heavy atom. The SMILES string of the molecule is CN=C(NCc1nccn1C(F)F)N1CC(C)(C)C1(C)C.I. The summed E-state index contributed by atoms with van der Waals surface area (Å²) in [5, 5.41) is 3.12. The molecule has 126 valence electrons. The van der Waals surface area contributed by atoms with Gasteiger partial charge in [0.1, 0.15) is 5.82 Å². The van der Waals surface area contributed by atoms with Crippen LogP contribution in [0.3, 0.4) is 0 Å². The molecule has 2 heterocycles. The molecular weight excluding hydrogens is 403 g/mol. The van der Waals surface area contributed by atoms with Gasteiger partial charge in [0.05, 0.1) is 6.54 Å². The van der Waals surface area contributed by atoms with E-state index in [1.54, 1.807) is 7.05 Å². The molecule has 0 atom stereocenters. The monoisotopic (exact) mass is 427 g/mol. The minimum absolute atomic E-state index is 0. The van der Waals surface area contributed by atoms with Gasteiger partial charge in [0, 0.05) is 36.9 Å². The predicted molar refractivity (Wildman–Crippen MR) is 93.7 cm³/mol. The third-order valence-corrected chi connectivity index (χ3v) is 4.72. The van der Waals surface area contributed by atoms with Crippen molar-refractivity contribution in [3.63, 3.8) is 0 Å². The number of hydrogen-bond donors (Lipinski definition) is 1. The number of alkyl halides is 2. The predicted octanol–water partition coefficient (Wildman–Crippen LogP) is 3.09. The summed E-state index contributed by atoms with van der Waals surface area (Å²) in [6.45, 7) is 7.25. The molecule has 1 aliphatic rings. The Kier molecular flexibility index (Phi) is 5.80. The summed E-state index contributed by atoms with van der Waals surface area (Å²) in [7, 11) is 1.70. The lowest BCUT2D eigenvalue weighted by Gasteiger charge is -2.62. The van der Waals surface area contributed by atoms with Crippen LogP contribution in [0, 0.1) is 5.41 Å². The van der Waals surface area contributed by atoms with Crippen LogP contribution in [0.4, 0.5) is 8.78 Å². The van der Waals surface area contributed by atoms with Crippen LogP contribution in [0.5, 0.6) is 0 Å². The quantitative estimate of drug-likeness (QED) is 0.458. The average molecular weight is 427 g/mol. The van der Waals surface area contributed by atoms with E-state index in [4.69, 9.17) is 0 Å². The summed E-state index contributed by atoms with van der Waals surface area (Å²) < 4.78 is 26.4. The summed E-state index contributed by atoms with van der Waals surface area (Å²) in [4.78, 5) is 10.4. The number of aromatic nitrogens is 2. The van der Waals surface area contributed by atoms with E-state index in [1.165, 1.54) is 12.4 Å². The number of rotatable bonds is 3. The van der Waals surface area contributed by atoms with Gasteiger partial charge in [-0.25, -0.2) is 4.98 Å². The standard InChI is InChI=1S/C14H23F2N5.HI/c1-13(2)9-21(14(13,3)4)12(17-5)19-8-10-18-6-7-20(10)11(15)16;/h6-7,11H,8-9H2,1-5H3,(H,17,19);1H. The molecule has 0 aliphatic carbocycles. The highest BCUT2D eigenvalue weighted by Crippen LogP contribution is 2.46. The first-order chi connectivity index (χ1) is 9.70. The van der Waals surface area contributed by atoms with E-state index in [1.807, 2.05) is 0 Å². The van der Waals surface area contributed by atoms with Crippen molar-refractivity contribution in [2.45, 2.75) is 46.3 Å². The van der Waals surface area contributed by atoms with E-state index in [2.05, 4.69) is 47.9 Å². The molecule has 22 heavy (non-hydrogen) atoms. The minimum Gasteiger partial charge on any atom is -0.349 e. The molecule has 0 aromatic carbocycles. The van der Waals surface area contributed by atoms with Gasteiger partial charge >= 0.3 is 6.55 Å². The van der Waals surface area contributed by atoms with Crippen LogP contribution < -0.4 is 5.32 Å². The number of imidazole rings is 1. The van der Waals surface area contributed by atoms with Gasteiger partial charge in [-0.2, -0.15) is 8.78 Å². The van der Waals surface area contributed by atoms with E-state index < -0.39 is 6.55 Å². The first-order valence-electron chi connectivity index (χ1n) is 6.99. The lowest BCUT2D eigenvalue weighted by Crippen LogP contribution is -2.72. The zero-order chi connectivity index (χ0) is 15.8. The first kappa shape index (κ1) is 19.1. The van der Waals surface area contributed by atoms with E-state index in [9.17, 15) is 8.78 Å². The summed E-state index contributed by atoms with van der Waals surface area (Å²) in [6, 6.07) is 0. The van der Waals surface area contributed by atoms with Crippen molar-refractivity contribution in [2.75, 3.05) is 13.6 Å². The van der Waals surface area contributed by atoms with Crippen LogP contribution in [0.2, 0.25) is 0 Å². The molecular formula is C14H24F2IN5. The summed E-state index contributed by atoms with van der Waals surface area (Å²) >= 11 is 0.